The first kappa shape index (κ1) is 35.3. The van der Waals surface area contributed by atoms with Gasteiger partial charge in [0.25, 0.3) is 0 Å². The van der Waals surface area contributed by atoms with E-state index < -0.39 is 6.09 Å². The molecule has 0 aliphatic heterocycles. The van der Waals surface area contributed by atoms with Crippen LogP contribution in [0.15, 0.2) is 47.4 Å². The molecule has 1 aromatic rings. The zero-order chi connectivity index (χ0) is 29.3. The molecule has 0 aliphatic carbocycles. The predicted octanol–water partition coefficient (Wildman–Crippen LogP) is 5.14. The second kappa shape index (κ2) is 24.1. The molecule has 1 rings (SSSR count). The third-order valence-electron chi connectivity index (χ3n) is 5.69. The van der Waals surface area contributed by atoms with Crippen LogP contribution >= 0.6 is 12.6 Å². The van der Waals surface area contributed by atoms with Gasteiger partial charge in [-0.05, 0) is 37.8 Å². The third kappa shape index (κ3) is 17.7. The molecule has 0 heterocycles. The summed E-state index contributed by atoms with van der Waals surface area (Å²) in [4.78, 5) is 26.9. The molecule has 0 radical (unpaired) electrons. The maximum atomic E-state index is 12.5. The molecule has 0 fully saturated rings. The fraction of sp³-hybridized carbons (Fsp3) is 0.548. The van der Waals surface area contributed by atoms with E-state index in [1.807, 2.05) is 49.4 Å². The molecule has 8 nitrogen and oxygen atoms in total. The summed E-state index contributed by atoms with van der Waals surface area (Å²) in [6.45, 7) is 7.34. The minimum atomic E-state index is -0.410. The van der Waals surface area contributed by atoms with Gasteiger partial charge in [0, 0.05) is 18.0 Å². The Kier molecular flexibility index (Phi) is 21.2. The first-order valence-corrected chi connectivity index (χ1v) is 14.4. The molecule has 2 amide bonds. The van der Waals surface area contributed by atoms with E-state index in [1.165, 1.54) is 0 Å². The van der Waals surface area contributed by atoms with Gasteiger partial charge in [-0.3, -0.25) is 4.79 Å². The fourth-order valence-electron chi connectivity index (χ4n) is 3.61. The smallest absolute Gasteiger partial charge is 0.407 e. The number of hydrogen-bond acceptors (Lipinski definition) is 7. The SMILES string of the molecule is C#CCN(C/C=C/c1ccccc1S)C(=O)CCOCCOCCOCCNC(=O)OC(CCC)CC/C=C/C. The van der Waals surface area contributed by atoms with E-state index in [-0.39, 0.29) is 25.0 Å². The standard InChI is InChI=1S/C31H46N2O6S/c1-4-7-8-15-28(12-5-2)39-31(35)32-18-22-37-24-26-38-25-23-36-21-17-30(34)33(19-6-3)20-11-14-27-13-9-10-16-29(27)40/h3-4,7,9-11,13-14,16,28,40H,5,8,12,15,17-26H2,1-2H3,(H,32,35)/b7-4+,14-11+. The van der Waals surface area contributed by atoms with Gasteiger partial charge in [-0.15, -0.1) is 19.1 Å². The summed E-state index contributed by atoms with van der Waals surface area (Å²) in [6.07, 6.45) is 16.7. The molecule has 0 saturated carbocycles. The van der Waals surface area contributed by atoms with Crippen molar-refractivity contribution in [2.45, 2.75) is 57.0 Å². The van der Waals surface area contributed by atoms with Gasteiger partial charge in [0.15, 0.2) is 0 Å². The van der Waals surface area contributed by atoms with Crippen LogP contribution < -0.4 is 5.32 Å². The molecule has 0 bridgehead atoms. The quantitative estimate of drug-likeness (QED) is 0.0863. The van der Waals surface area contributed by atoms with Crippen molar-refractivity contribution in [2.75, 3.05) is 59.3 Å². The van der Waals surface area contributed by atoms with Crippen LogP contribution in [-0.2, 0) is 23.7 Å². The van der Waals surface area contributed by atoms with Crippen molar-refractivity contribution in [3.63, 3.8) is 0 Å². The van der Waals surface area contributed by atoms with Crippen molar-refractivity contribution < 1.29 is 28.5 Å². The number of ether oxygens (including phenoxy) is 4. The summed E-state index contributed by atoms with van der Waals surface area (Å²) in [5.74, 6) is 2.47. The number of terminal acetylenes is 1. The van der Waals surface area contributed by atoms with Gasteiger partial charge >= 0.3 is 6.09 Å². The molecule has 0 aromatic heterocycles. The molecular formula is C31H46N2O6S. The van der Waals surface area contributed by atoms with Crippen molar-refractivity contribution in [2.24, 2.45) is 0 Å². The number of carbonyl (C=O) groups excluding carboxylic acids is 2. The molecule has 0 saturated heterocycles. The number of rotatable bonds is 22. The van der Waals surface area contributed by atoms with E-state index in [4.69, 9.17) is 25.4 Å². The lowest BCUT2D eigenvalue weighted by atomic mass is 10.1. The molecule has 222 valence electrons. The highest BCUT2D eigenvalue weighted by Gasteiger charge is 2.13. The lowest BCUT2D eigenvalue weighted by Crippen LogP contribution is -2.32. The number of benzene rings is 1. The third-order valence-corrected chi connectivity index (χ3v) is 6.10. The molecule has 9 heteroatoms. The largest absolute Gasteiger partial charge is 0.446 e. The summed E-state index contributed by atoms with van der Waals surface area (Å²) in [5.41, 5.74) is 0.983. The predicted molar refractivity (Wildman–Crippen MR) is 162 cm³/mol. The fourth-order valence-corrected chi connectivity index (χ4v) is 3.85. The summed E-state index contributed by atoms with van der Waals surface area (Å²) in [5, 5.41) is 2.72. The molecular weight excluding hydrogens is 528 g/mol. The van der Waals surface area contributed by atoms with Gasteiger partial charge in [0.2, 0.25) is 5.91 Å². The number of alkyl carbamates (subject to hydrolysis) is 1. The molecule has 1 atom stereocenters. The van der Waals surface area contributed by atoms with Crippen molar-refractivity contribution >= 4 is 30.7 Å². The Hall–Kier alpha value is -2.77. The highest BCUT2D eigenvalue weighted by Crippen LogP contribution is 2.14. The number of hydrogen-bond donors (Lipinski definition) is 2. The number of amides is 2. The van der Waals surface area contributed by atoms with Gasteiger partial charge in [-0.25, -0.2) is 4.79 Å². The molecule has 40 heavy (non-hydrogen) atoms. The highest BCUT2D eigenvalue weighted by molar-refractivity contribution is 7.80. The summed E-state index contributed by atoms with van der Waals surface area (Å²) < 4.78 is 22.0. The van der Waals surface area contributed by atoms with Crippen molar-refractivity contribution in [1.82, 2.24) is 10.2 Å². The monoisotopic (exact) mass is 574 g/mol. The minimum Gasteiger partial charge on any atom is -0.446 e. The first-order chi connectivity index (χ1) is 19.5. The van der Waals surface area contributed by atoms with Crippen LogP contribution in [0.2, 0.25) is 0 Å². The Labute approximate surface area is 245 Å². The lowest BCUT2D eigenvalue weighted by molar-refractivity contribution is -0.131. The maximum absolute atomic E-state index is 12.5. The Bertz CT molecular complexity index is 931. The Morgan fingerprint density at radius 3 is 2.42 bits per heavy atom. The van der Waals surface area contributed by atoms with E-state index in [9.17, 15) is 9.59 Å². The van der Waals surface area contributed by atoms with Gasteiger partial charge in [0.05, 0.1) is 52.6 Å². The average molecular weight is 575 g/mol. The first-order valence-electron chi connectivity index (χ1n) is 14.0. The van der Waals surface area contributed by atoms with Crippen LogP contribution in [0.4, 0.5) is 4.79 Å². The Morgan fingerprint density at radius 2 is 1.75 bits per heavy atom. The zero-order valence-electron chi connectivity index (χ0n) is 24.0. The van der Waals surface area contributed by atoms with Crippen molar-refractivity contribution in [3.8, 4) is 12.3 Å². The van der Waals surface area contributed by atoms with Crippen LogP contribution in [0.25, 0.3) is 6.08 Å². The highest BCUT2D eigenvalue weighted by atomic mass is 32.1. The van der Waals surface area contributed by atoms with Crippen LogP contribution in [0.5, 0.6) is 0 Å². The second-order valence-electron chi connectivity index (χ2n) is 8.92. The van der Waals surface area contributed by atoms with Gasteiger partial charge in [0.1, 0.15) is 6.10 Å². The molecule has 1 aromatic carbocycles. The van der Waals surface area contributed by atoms with Crippen LogP contribution in [-0.4, -0.2) is 82.3 Å². The van der Waals surface area contributed by atoms with Crippen LogP contribution in [0.3, 0.4) is 0 Å². The van der Waals surface area contributed by atoms with E-state index in [0.717, 1.165) is 36.1 Å². The maximum Gasteiger partial charge on any atom is 0.407 e. The Morgan fingerprint density at radius 1 is 1.05 bits per heavy atom. The van der Waals surface area contributed by atoms with E-state index in [1.54, 1.807) is 4.90 Å². The van der Waals surface area contributed by atoms with Crippen molar-refractivity contribution in [1.29, 1.82) is 0 Å². The normalized spacial score (nSPS) is 11.9. The van der Waals surface area contributed by atoms with Crippen molar-refractivity contribution in [3.05, 3.63) is 48.1 Å². The Balaban J connectivity index is 2.06. The average Bonchev–Trinajstić information content (AvgIpc) is 2.94. The van der Waals surface area contributed by atoms with Gasteiger partial charge in [-0.1, -0.05) is 61.8 Å². The summed E-state index contributed by atoms with van der Waals surface area (Å²) >= 11 is 4.42. The topological polar surface area (TPSA) is 86.3 Å². The van der Waals surface area contributed by atoms with E-state index in [0.29, 0.717) is 52.7 Å². The second-order valence-corrected chi connectivity index (χ2v) is 9.40. The minimum absolute atomic E-state index is 0.0666. The van der Waals surface area contributed by atoms with Gasteiger partial charge < -0.3 is 29.2 Å². The summed E-state index contributed by atoms with van der Waals surface area (Å²) in [7, 11) is 0. The zero-order valence-corrected chi connectivity index (χ0v) is 24.9. The van der Waals surface area contributed by atoms with E-state index >= 15 is 0 Å². The summed E-state index contributed by atoms with van der Waals surface area (Å²) in [6, 6.07) is 7.73. The lowest BCUT2D eigenvalue weighted by Gasteiger charge is -2.18. The number of thiol groups is 1. The molecule has 1 unspecified atom stereocenters. The number of nitrogens with one attached hydrogen (secondary N) is 1. The van der Waals surface area contributed by atoms with Crippen LogP contribution in [0.1, 0.15) is 51.5 Å². The molecule has 0 spiro atoms. The van der Waals surface area contributed by atoms with E-state index in [2.05, 4.69) is 36.9 Å². The number of allylic oxidation sites excluding steroid dienone is 2. The van der Waals surface area contributed by atoms with Crippen LogP contribution in [0, 0.1) is 12.3 Å². The number of carbonyl (C=O) groups is 2. The van der Waals surface area contributed by atoms with Gasteiger partial charge in [-0.2, -0.15) is 0 Å². The molecule has 0 aliphatic rings. The molecule has 1 N–H and O–H groups in total. The number of nitrogens with zero attached hydrogens (tertiary/aromatic N) is 1.